The van der Waals surface area contributed by atoms with E-state index >= 15 is 0 Å². The summed E-state index contributed by atoms with van der Waals surface area (Å²) in [5, 5.41) is 10.2. The number of hydrogen-bond donors (Lipinski definition) is 2. The molecule has 0 aromatic heterocycles. The number of carbonyl (C=O) groups excluding carboxylic acids is 2. The zero-order chi connectivity index (χ0) is 34.8. The summed E-state index contributed by atoms with van der Waals surface area (Å²) in [6, 6.07) is 20.2. The average molecular weight is 680 g/mol. The fourth-order valence-electron chi connectivity index (χ4n) is 5.66. The summed E-state index contributed by atoms with van der Waals surface area (Å²) < 4.78 is 41.7. The number of benzene rings is 3. The van der Waals surface area contributed by atoms with Crippen LogP contribution in [0.2, 0.25) is 0 Å². The number of anilines is 1. The minimum atomic E-state index is -3.93. The fraction of sp³-hybridized carbons (Fsp3) is 0.459. The van der Waals surface area contributed by atoms with E-state index in [0.717, 1.165) is 24.0 Å². The highest BCUT2D eigenvalue weighted by Gasteiger charge is 2.31. The number of ether oxygens (including phenoxy) is 2. The molecule has 1 heterocycles. The number of carbonyl (C=O) groups is 2. The largest absolute Gasteiger partial charge is 0.490 e. The Labute approximate surface area is 285 Å². The number of sulfonamides is 1. The molecule has 0 radical (unpaired) electrons. The number of fused-ring (bicyclic) bond motifs is 1. The monoisotopic (exact) mass is 679 g/mol. The quantitative estimate of drug-likeness (QED) is 0.315. The molecule has 10 nitrogen and oxygen atoms in total. The van der Waals surface area contributed by atoms with Crippen molar-refractivity contribution in [2.75, 3.05) is 38.1 Å². The van der Waals surface area contributed by atoms with Crippen LogP contribution in [0.5, 0.6) is 5.75 Å². The SMILES string of the molecule is Cc1ccc(S(=O)(=O)Nc2ccc3c(c2)C(=O)N([C@H](C)CO)C[C@H](C)[C@@H](CN(C)C(=O)Cc2ccccc2)OCCCC[C@H](C)O3)cc1. The second-order valence-electron chi connectivity index (χ2n) is 12.9. The van der Waals surface area contributed by atoms with Gasteiger partial charge in [-0.25, -0.2) is 8.42 Å². The van der Waals surface area contributed by atoms with Crippen LogP contribution in [0.1, 0.15) is 61.5 Å². The van der Waals surface area contributed by atoms with Crippen molar-refractivity contribution in [2.45, 2.75) is 76.5 Å². The van der Waals surface area contributed by atoms with Crippen LogP contribution in [0.25, 0.3) is 0 Å². The highest BCUT2D eigenvalue weighted by Crippen LogP contribution is 2.29. The van der Waals surface area contributed by atoms with Crippen LogP contribution < -0.4 is 9.46 Å². The number of rotatable bonds is 9. The molecule has 3 aromatic carbocycles. The van der Waals surface area contributed by atoms with Crippen LogP contribution in [0.4, 0.5) is 5.69 Å². The Morgan fingerprint density at radius 3 is 2.46 bits per heavy atom. The van der Waals surface area contributed by atoms with Gasteiger partial charge in [0.15, 0.2) is 0 Å². The third-order valence-electron chi connectivity index (χ3n) is 8.71. The van der Waals surface area contributed by atoms with Crippen LogP contribution in [-0.4, -0.2) is 86.7 Å². The number of amides is 2. The summed E-state index contributed by atoms with van der Waals surface area (Å²) in [5.74, 6) is -0.325. The summed E-state index contributed by atoms with van der Waals surface area (Å²) in [4.78, 5) is 30.9. The van der Waals surface area contributed by atoms with Crippen LogP contribution in [0, 0.1) is 12.8 Å². The van der Waals surface area contributed by atoms with Gasteiger partial charge in [-0.3, -0.25) is 14.3 Å². The van der Waals surface area contributed by atoms with E-state index in [-0.39, 0.29) is 59.8 Å². The first kappa shape index (κ1) is 36.9. The molecule has 1 aliphatic rings. The van der Waals surface area contributed by atoms with Crippen molar-refractivity contribution in [3.8, 4) is 5.75 Å². The van der Waals surface area contributed by atoms with Crippen molar-refractivity contribution in [1.29, 1.82) is 0 Å². The van der Waals surface area contributed by atoms with Crippen molar-refractivity contribution >= 4 is 27.5 Å². The van der Waals surface area contributed by atoms with Gasteiger partial charge in [-0.15, -0.1) is 0 Å². The molecule has 0 saturated heterocycles. The fourth-order valence-corrected chi connectivity index (χ4v) is 6.71. The third-order valence-corrected chi connectivity index (χ3v) is 10.1. The maximum absolute atomic E-state index is 14.4. The van der Waals surface area contributed by atoms with E-state index in [2.05, 4.69) is 4.72 Å². The van der Waals surface area contributed by atoms with Crippen molar-refractivity contribution < 1.29 is 32.6 Å². The Morgan fingerprint density at radius 2 is 1.77 bits per heavy atom. The molecule has 3 aromatic rings. The molecule has 260 valence electrons. The van der Waals surface area contributed by atoms with Crippen molar-refractivity contribution in [3.63, 3.8) is 0 Å². The minimum absolute atomic E-state index is 0.0337. The van der Waals surface area contributed by atoms with Gasteiger partial charge in [-0.1, -0.05) is 55.0 Å². The lowest BCUT2D eigenvalue weighted by atomic mass is 10.0. The number of nitrogens with zero attached hydrogens (tertiary/aromatic N) is 2. The molecule has 4 atom stereocenters. The maximum atomic E-state index is 14.4. The predicted molar refractivity (Wildman–Crippen MR) is 187 cm³/mol. The number of aliphatic hydroxyl groups excluding tert-OH is 1. The average Bonchev–Trinajstić information content (AvgIpc) is 3.06. The molecule has 4 rings (SSSR count). The molecule has 11 heteroatoms. The van der Waals surface area contributed by atoms with Gasteiger partial charge in [0.25, 0.3) is 15.9 Å². The number of hydrogen-bond acceptors (Lipinski definition) is 7. The second kappa shape index (κ2) is 16.9. The van der Waals surface area contributed by atoms with Gasteiger partial charge in [-0.2, -0.15) is 0 Å². The summed E-state index contributed by atoms with van der Waals surface area (Å²) in [6.45, 7) is 8.31. The Balaban J connectivity index is 1.63. The summed E-state index contributed by atoms with van der Waals surface area (Å²) in [5.41, 5.74) is 2.26. The number of likely N-dealkylation sites (N-methyl/N-ethyl adjacent to an activating group) is 1. The highest BCUT2D eigenvalue weighted by atomic mass is 32.2. The highest BCUT2D eigenvalue weighted by molar-refractivity contribution is 7.92. The molecule has 2 amide bonds. The summed E-state index contributed by atoms with van der Waals surface area (Å²) >= 11 is 0. The number of nitrogens with one attached hydrogen (secondary N) is 1. The van der Waals surface area contributed by atoms with Gasteiger partial charge < -0.3 is 24.4 Å². The van der Waals surface area contributed by atoms with Crippen molar-refractivity contribution in [2.24, 2.45) is 5.92 Å². The van der Waals surface area contributed by atoms with Crippen molar-refractivity contribution in [1.82, 2.24) is 9.80 Å². The third kappa shape index (κ3) is 10.0. The van der Waals surface area contributed by atoms with Crippen LogP contribution >= 0.6 is 0 Å². The van der Waals surface area contributed by atoms with E-state index in [0.29, 0.717) is 25.3 Å². The molecular weight excluding hydrogens is 630 g/mol. The van der Waals surface area contributed by atoms with Crippen LogP contribution in [-0.2, 0) is 26.0 Å². The number of aliphatic hydroxyl groups is 1. The van der Waals surface area contributed by atoms with E-state index in [1.54, 1.807) is 48.0 Å². The molecule has 0 aliphatic carbocycles. The smallest absolute Gasteiger partial charge is 0.261 e. The van der Waals surface area contributed by atoms with E-state index in [1.807, 2.05) is 51.1 Å². The normalized spacial score (nSPS) is 20.2. The zero-order valence-electron chi connectivity index (χ0n) is 28.6. The first-order chi connectivity index (χ1) is 22.9. The van der Waals surface area contributed by atoms with Gasteiger partial charge >= 0.3 is 0 Å². The Morgan fingerprint density at radius 1 is 1.06 bits per heavy atom. The predicted octanol–water partition coefficient (Wildman–Crippen LogP) is 5.29. The standard InChI is InChI=1S/C37H49N3O7S/c1-26-14-17-32(18-15-26)48(44,45)38-31-16-19-34-33(22-31)37(43)40(28(3)25-41)23-27(2)35(46-20-10-9-11-29(4)47-34)24-39(5)36(42)21-30-12-7-6-8-13-30/h6-8,12-19,22,27-29,35,38,41H,9-11,20-21,23-25H2,1-5H3/t27-,28+,29-,35+/m0/s1. The lowest BCUT2D eigenvalue weighted by Gasteiger charge is -2.36. The molecule has 1 aliphatic heterocycles. The van der Waals surface area contributed by atoms with Gasteiger partial charge in [0.05, 0.1) is 41.7 Å². The molecule has 2 N–H and O–H groups in total. The number of aryl methyl sites for hydroxylation is 1. The Kier molecular flexibility index (Phi) is 13.0. The molecule has 0 fully saturated rings. The van der Waals surface area contributed by atoms with E-state index < -0.39 is 22.0 Å². The Hall–Kier alpha value is -3.93. The first-order valence-corrected chi connectivity index (χ1v) is 18.1. The zero-order valence-corrected chi connectivity index (χ0v) is 29.4. The van der Waals surface area contributed by atoms with Crippen LogP contribution in [0.15, 0.2) is 77.7 Å². The van der Waals surface area contributed by atoms with Crippen LogP contribution in [0.3, 0.4) is 0 Å². The molecule has 0 bridgehead atoms. The van der Waals surface area contributed by atoms with E-state index in [9.17, 15) is 23.1 Å². The maximum Gasteiger partial charge on any atom is 0.261 e. The minimum Gasteiger partial charge on any atom is -0.490 e. The van der Waals surface area contributed by atoms with Crippen molar-refractivity contribution in [3.05, 3.63) is 89.5 Å². The lowest BCUT2D eigenvalue weighted by Crippen LogP contribution is -2.48. The van der Waals surface area contributed by atoms with Gasteiger partial charge in [0, 0.05) is 38.3 Å². The second-order valence-corrected chi connectivity index (χ2v) is 14.5. The lowest BCUT2D eigenvalue weighted by molar-refractivity contribution is -0.131. The molecule has 0 saturated carbocycles. The van der Waals surface area contributed by atoms with Gasteiger partial charge in [0.1, 0.15) is 5.75 Å². The molecule has 0 unspecified atom stereocenters. The van der Waals surface area contributed by atoms with E-state index in [4.69, 9.17) is 9.47 Å². The molecular formula is C37H49N3O7S. The Bertz CT molecular complexity index is 1620. The molecule has 48 heavy (non-hydrogen) atoms. The summed E-state index contributed by atoms with van der Waals surface area (Å²) in [6.07, 6.45) is 2.01. The van der Waals surface area contributed by atoms with E-state index in [1.165, 1.54) is 18.2 Å². The summed E-state index contributed by atoms with van der Waals surface area (Å²) in [7, 11) is -2.16. The first-order valence-electron chi connectivity index (χ1n) is 16.6. The van der Waals surface area contributed by atoms with Gasteiger partial charge in [-0.05, 0) is 75.9 Å². The topological polar surface area (TPSA) is 125 Å². The molecule has 0 spiro atoms. The van der Waals surface area contributed by atoms with Gasteiger partial charge in [0.2, 0.25) is 5.91 Å².